The predicted molar refractivity (Wildman–Crippen MR) is 74.5 cm³/mol. The summed E-state index contributed by atoms with van der Waals surface area (Å²) in [5.74, 6) is 0. The second-order valence-electron chi connectivity index (χ2n) is 3.82. The minimum absolute atomic E-state index is 0.133. The van der Waals surface area contributed by atoms with E-state index in [0.717, 1.165) is 6.07 Å². The fraction of sp³-hybridized carbons (Fsp3) is 0. The molecule has 20 heavy (non-hydrogen) atoms. The predicted octanol–water partition coefficient (Wildman–Crippen LogP) is 3.90. The highest BCUT2D eigenvalue weighted by Crippen LogP contribution is 2.33. The summed E-state index contributed by atoms with van der Waals surface area (Å²) in [6.07, 6.45) is 0. The SMILES string of the molecule is O=[N+]([O-])c1ccc(Nc2ccccc2Cl)c([N+](=O)[O-])c1. The highest BCUT2D eigenvalue weighted by atomic mass is 35.5. The van der Waals surface area contributed by atoms with E-state index in [-0.39, 0.29) is 17.1 Å². The van der Waals surface area contributed by atoms with Crippen LogP contribution < -0.4 is 5.32 Å². The molecule has 0 aliphatic heterocycles. The van der Waals surface area contributed by atoms with Gasteiger partial charge in [-0.05, 0) is 18.2 Å². The maximum Gasteiger partial charge on any atom is 0.299 e. The van der Waals surface area contributed by atoms with Crippen LogP contribution in [0.1, 0.15) is 0 Å². The minimum atomic E-state index is -0.688. The number of para-hydroxylation sites is 1. The molecule has 0 saturated carbocycles. The van der Waals surface area contributed by atoms with E-state index in [9.17, 15) is 20.2 Å². The molecule has 0 amide bonds. The van der Waals surface area contributed by atoms with Crippen LogP contribution in [0.25, 0.3) is 0 Å². The summed E-state index contributed by atoms with van der Waals surface area (Å²) in [6.45, 7) is 0. The molecule has 0 radical (unpaired) electrons. The van der Waals surface area contributed by atoms with E-state index >= 15 is 0 Å². The summed E-state index contributed by atoms with van der Waals surface area (Å²) in [6, 6.07) is 10.1. The molecule has 8 heteroatoms. The molecule has 0 spiro atoms. The Bertz CT molecular complexity index is 690. The molecule has 2 aromatic carbocycles. The quantitative estimate of drug-likeness (QED) is 0.681. The standard InChI is InChI=1S/C12H8ClN3O4/c13-9-3-1-2-4-10(9)14-11-6-5-8(15(17)18)7-12(11)16(19)20/h1-7,14H. The summed E-state index contributed by atoms with van der Waals surface area (Å²) in [7, 11) is 0. The first kappa shape index (κ1) is 13.8. The first-order valence-electron chi connectivity index (χ1n) is 5.43. The van der Waals surface area contributed by atoms with Gasteiger partial charge in [0.15, 0.2) is 0 Å². The summed E-state index contributed by atoms with van der Waals surface area (Å²) < 4.78 is 0. The molecule has 102 valence electrons. The molecule has 0 aliphatic carbocycles. The average molecular weight is 294 g/mol. The molecule has 1 N–H and O–H groups in total. The van der Waals surface area contributed by atoms with Gasteiger partial charge in [-0.3, -0.25) is 20.2 Å². The number of nitro groups is 2. The van der Waals surface area contributed by atoms with Gasteiger partial charge in [0.1, 0.15) is 5.69 Å². The van der Waals surface area contributed by atoms with Crippen molar-refractivity contribution in [2.24, 2.45) is 0 Å². The van der Waals surface area contributed by atoms with Crippen molar-refractivity contribution in [1.29, 1.82) is 0 Å². The third-order valence-corrected chi connectivity index (χ3v) is 2.86. The summed E-state index contributed by atoms with van der Waals surface area (Å²) in [5, 5.41) is 24.8. The van der Waals surface area contributed by atoms with Crippen LogP contribution in [0, 0.1) is 20.2 Å². The third kappa shape index (κ3) is 2.83. The number of halogens is 1. The lowest BCUT2D eigenvalue weighted by molar-refractivity contribution is -0.393. The lowest BCUT2D eigenvalue weighted by Gasteiger charge is -2.08. The number of non-ortho nitro benzene ring substituents is 1. The average Bonchev–Trinajstić information content (AvgIpc) is 2.41. The Morgan fingerprint density at radius 2 is 1.65 bits per heavy atom. The van der Waals surface area contributed by atoms with Gasteiger partial charge in [0.2, 0.25) is 0 Å². The zero-order valence-corrected chi connectivity index (χ0v) is 10.7. The second-order valence-corrected chi connectivity index (χ2v) is 4.23. The lowest BCUT2D eigenvalue weighted by atomic mass is 10.2. The molecule has 0 saturated heterocycles. The Labute approximate surface area is 118 Å². The number of nitrogens with zero attached hydrogens (tertiary/aromatic N) is 2. The largest absolute Gasteiger partial charge is 0.349 e. The molecule has 0 aromatic heterocycles. The Morgan fingerprint density at radius 3 is 2.25 bits per heavy atom. The van der Waals surface area contributed by atoms with Gasteiger partial charge < -0.3 is 5.32 Å². The number of hydrogen-bond acceptors (Lipinski definition) is 5. The van der Waals surface area contributed by atoms with Crippen LogP contribution in [0.5, 0.6) is 0 Å². The van der Waals surface area contributed by atoms with Crippen molar-refractivity contribution in [2.45, 2.75) is 0 Å². The molecule has 0 unspecified atom stereocenters. The van der Waals surface area contributed by atoms with E-state index in [1.165, 1.54) is 12.1 Å². The van der Waals surface area contributed by atoms with Crippen molar-refractivity contribution in [3.63, 3.8) is 0 Å². The zero-order valence-electron chi connectivity index (χ0n) is 9.95. The van der Waals surface area contributed by atoms with Crippen molar-refractivity contribution in [3.8, 4) is 0 Å². The van der Waals surface area contributed by atoms with Crippen molar-refractivity contribution in [1.82, 2.24) is 0 Å². The van der Waals surface area contributed by atoms with Crippen molar-refractivity contribution >= 4 is 34.4 Å². The number of anilines is 2. The number of nitrogens with one attached hydrogen (secondary N) is 1. The van der Waals surface area contributed by atoms with Gasteiger partial charge in [0, 0.05) is 6.07 Å². The molecular weight excluding hydrogens is 286 g/mol. The highest BCUT2D eigenvalue weighted by molar-refractivity contribution is 6.33. The Kier molecular flexibility index (Phi) is 3.81. The van der Waals surface area contributed by atoms with Crippen LogP contribution in [0.2, 0.25) is 5.02 Å². The molecule has 0 bridgehead atoms. The van der Waals surface area contributed by atoms with Crippen molar-refractivity contribution in [3.05, 3.63) is 67.7 Å². The topological polar surface area (TPSA) is 98.3 Å². The van der Waals surface area contributed by atoms with E-state index in [2.05, 4.69) is 5.32 Å². The van der Waals surface area contributed by atoms with Gasteiger partial charge >= 0.3 is 0 Å². The molecule has 2 rings (SSSR count). The fourth-order valence-corrected chi connectivity index (χ4v) is 1.78. The monoisotopic (exact) mass is 293 g/mol. The molecule has 0 fully saturated rings. The van der Waals surface area contributed by atoms with Gasteiger partial charge in [0.05, 0.1) is 26.6 Å². The van der Waals surface area contributed by atoms with Crippen molar-refractivity contribution < 1.29 is 9.85 Å². The number of hydrogen-bond donors (Lipinski definition) is 1. The van der Waals surface area contributed by atoms with E-state index in [0.29, 0.717) is 10.7 Å². The van der Waals surface area contributed by atoms with Crippen LogP contribution in [-0.2, 0) is 0 Å². The normalized spacial score (nSPS) is 10.1. The second kappa shape index (κ2) is 5.54. The Balaban J connectivity index is 2.44. The zero-order chi connectivity index (χ0) is 14.7. The van der Waals surface area contributed by atoms with E-state index < -0.39 is 9.85 Å². The van der Waals surface area contributed by atoms with Crippen molar-refractivity contribution in [2.75, 3.05) is 5.32 Å². The minimum Gasteiger partial charge on any atom is -0.349 e. The van der Waals surface area contributed by atoms with Crippen LogP contribution in [0.3, 0.4) is 0 Å². The number of rotatable bonds is 4. The van der Waals surface area contributed by atoms with Crippen LogP contribution in [-0.4, -0.2) is 9.85 Å². The summed E-state index contributed by atoms with van der Waals surface area (Å²) in [5.41, 5.74) is -0.125. The van der Waals surface area contributed by atoms with Crippen LogP contribution >= 0.6 is 11.6 Å². The number of nitro benzene ring substituents is 2. The fourth-order valence-electron chi connectivity index (χ4n) is 1.60. The van der Waals surface area contributed by atoms with E-state index in [1.54, 1.807) is 24.3 Å². The molecule has 0 heterocycles. The van der Waals surface area contributed by atoms with Gasteiger partial charge in [-0.1, -0.05) is 23.7 Å². The summed E-state index contributed by atoms with van der Waals surface area (Å²) in [4.78, 5) is 20.2. The van der Waals surface area contributed by atoms with Crippen LogP contribution in [0.4, 0.5) is 22.7 Å². The summed E-state index contributed by atoms with van der Waals surface area (Å²) >= 11 is 5.95. The van der Waals surface area contributed by atoms with Gasteiger partial charge in [-0.15, -0.1) is 0 Å². The maximum absolute atomic E-state index is 11.0. The maximum atomic E-state index is 11.0. The first-order valence-corrected chi connectivity index (χ1v) is 5.81. The Hall–Kier alpha value is -2.67. The highest BCUT2D eigenvalue weighted by Gasteiger charge is 2.19. The van der Waals surface area contributed by atoms with Gasteiger partial charge in [0.25, 0.3) is 11.4 Å². The lowest BCUT2D eigenvalue weighted by Crippen LogP contribution is -1.99. The molecule has 2 aromatic rings. The molecule has 0 aliphatic rings. The van der Waals surface area contributed by atoms with Gasteiger partial charge in [-0.2, -0.15) is 0 Å². The van der Waals surface area contributed by atoms with Gasteiger partial charge in [-0.25, -0.2) is 0 Å². The van der Waals surface area contributed by atoms with Crippen LogP contribution in [0.15, 0.2) is 42.5 Å². The molecule has 0 atom stereocenters. The Morgan fingerprint density at radius 1 is 0.950 bits per heavy atom. The molecule has 7 nitrogen and oxygen atoms in total. The third-order valence-electron chi connectivity index (χ3n) is 2.53. The first-order chi connectivity index (χ1) is 9.49. The van der Waals surface area contributed by atoms with E-state index in [1.807, 2.05) is 0 Å². The van der Waals surface area contributed by atoms with E-state index in [4.69, 9.17) is 11.6 Å². The number of benzene rings is 2. The molecular formula is C12H8ClN3O4. The smallest absolute Gasteiger partial charge is 0.299 e.